The molecule has 1 aliphatic rings. The SMILES string of the molecule is CCOc1cc(C2C(C(=O)c3sc(-c4ccccc4)nc3C)=C(O)C(=O)N2c2ccc(CC)cc2)ccc1OC. The van der Waals surface area contributed by atoms with Gasteiger partial charge in [0.2, 0.25) is 5.78 Å². The molecular weight excluding hydrogens is 524 g/mol. The number of carbonyl (C=O) groups excluding carboxylic acids is 2. The highest BCUT2D eigenvalue weighted by molar-refractivity contribution is 7.17. The highest BCUT2D eigenvalue weighted by Gasteiger charge is 2.45. The van der Waals surface area contributed by atoms with Gasteiger partial charge in [0.1, 0.15) is 5.01 Å². The van der Waals surface area contributed by atoms with Gasteiger partial charge >= 0.3 is 0 Å². The van der Waals surface area contributed by atoms with Crippen LogP contribution in [-0.2, 0) is 11.2 Å². The molecule has 7 nitrogen and oxygen atoms in total. The van der Waals surface area contributed by atoms with Gasteiger partial charge in [-0.25, -0.2) is 4.98 Å². The molecule has 1 unspecified atom stereocenters. The molecule has 1 aromatic heterocycles. The topological polar surface area (TPSA) is 89.0 Å². The molecule has 0 spiro atoms. The number of nitrogens with zero attached hydrogens (tertiary/aromatic N) is 2. The lowest BCUT2D eigenvalue weighted by atomic mass is 9.94. The molecule has 0 saturated heterocycles. The quantitative estimate of drug-likeness (QED) is 0.227. The maximum Gasteiger partial charge on any atom is 0.294 e. The van der Waals surface area contributed by atoms with Crippen molar-refractivity contribution in [2.75, 3.05) is 18.6 Å². The number of ketones is 1. The zero-order valence-corrected chi connectivity index (χ0v) is 23.6. The zero-order chi connectivity index (χ0) is 28.4. The number of aliphatic hydroxyl groups excluding tert-OH is 1. The number of Topliss-reactive ketones (excluding diaryl/α,β-unsaturated/α-hetero) is 1. The number of anilines is 1. The summed E-state index contributed by atoms with van der Waals surface area (Å²) in [5.74, 6) is -0.640. The Hall–Kier alpha value is -4.43. The van der Waals surface area contributed by atoms with Gasteiger partial charge < -0.3 is 14.6 Å². The van der Waals surface area contributed by atoms with Crippen molar-refractivity contribution >= 4 is 28.7 Å². The Morgan fingerprint density at radius 3 is 2.40 bits per heavy atom. The minimum atomic E-state index is -0.890. The van der Waals surface area contributed by atoms with E-state index in [9.17, 15) is 14.7 Å². The number of carbonyl (C=O) groups is 2. The van der Waals surface area contributed by atoms with Gasteiger partial charge in [-0.3, -0.25) is 14.5 Å². The van der Waals surface area contributed by atoms with Crippen LogP contribution >= 0.6 is 11.3 Å². The van der Waals surface area contributed by atoms with E-state index >= 15 is 0 Å². The number of benzene rings is 3. The van der Waals surface area contributed by atoms with E-state index in [1.165, 1.54) is 16.2 Å². The van der Waals surface area contributed by atoms with Crippen molar-refractivity contribution in [1.82, 2.24) is 4.98 Å². The fourth-order valence-electron chi connectivity index (χ4n) is 4.88. The van der Waals surface area contributed by atoms with Gasteiger partial charge in [-0.2, -0.15) is 0 Å². The summed E-state index contributed by atoms with van der Waals surface area (Å²) in [6.45, 7) is 6.09. The van der Waals surface area contributed by atoms with Crippen molar-refractivity contribution in [1.29, 1.82) is 0 Å². The van der Waals surface area contributed by atoms with Crippen molar-refractivity contribution in [3.8, 4) is 22.1 Å². The highest BCUT2D eigenvalue weighted by atomic mass is 32.1. The maximum absolute atomic E-state index is 14.2. The van der Waals surface area contributed by atoms with Crippen LogP contribution in [0.15, 0.2) is 84.1 Å². The molecule has 1 N–H and O–H groups in total. The average Bonchev–Trinajstić information content (AvgIpc) is 3.50. The molecule has 4 aromatic rings. The molecule has 0 bridgehead atoms. The molecular formula is C32H30N2O5S. The smallest absolute Gasteiger partial charge is 0.294 e. The third-order valence-electron chi connectivity index (χ3n) is 6.90. The van der Waals surface area contributed by atoms with Crippen molar-refractivity contribution in [2.45, 2.75) is 33.2 Å². The van der Waals surface area contributed by atoms with Gasteiger partial charge in [-0.1, -0.05) is 55.5 Å². The van der Waals surface area contributed by atoms with Crippen LogP contribution in [0.5, 0.6) is 11.5 Å². The second kappa shape index (κ2) is 11.4. The van der Waals surface area contributed by atoms with Crippen LogP contribution in [0, 0.1) is 6.92 Å². The molecule has 0 saturated carbocycles. The van der Waals surface area contributed by atoms with Crippen molar-refractivity contribution in [2.24, 2.45) is 0 Å². The molecule has 2 heterocycles. The molecule has 0 fully saturated rings. The standard InChI is InChI=1S/C32H30N2O5S/c1-5-20-12-15-23(16-13-20)34-27(22-14-17-24(38-4)25(18-22)39-6-2)26(29(36)32(34)37)28(35)30-19(3)33-31(40-30)21-10-8-7-9-11-21/h7-18,27,36H,5-6H2,1-4H3. The summed E-state index contributed by atoms with van der Waals surface area (Å²) in [4.78, 5) is 34.3. The van der Waals surface area contributed by atoms with Gasteiger partial charge in [0.25, 0.3) is 5.91 Å². The first-order valence-corrected chi connectivity index (χ1v) is 13.9. The number of aliphatic hydroxyl groups is 1. The lowest BCUT2D eigenvalue weighted by Crippen LogP contribution is -2.31. The summed E-state index contributed by atoms with van der Waals surface area (Å²) in [5, 5.41) is 11.9. The fraction of sp³-hybridized carbons (Fsp3) is 0.219. The van der Waals surface area contributed by atoms with E-state index in [0.717, 1.165) is 17.5 Å². The summed E-state index contributed by atoms with van der Waals surface area (Å²) < 4.78 is 11.3. The number of methoxy groups -OCH3 is 1. The van der Waals surface area contributed by atoms with E-state index in [4.69, 9.17) is 9.47 Å². The summed E-state index contributed by atoms with van der Waals surface area (Å²) in [6.07, 6.45) is 0.843. The number of aromatic nitrogens is 1. The summed E-state index contributed by atoms with van der Waals surface area (Å²) in [7, 11) is 1.55. The van der Waals surface area contributed by atoms with Gasteiger partial charge in [0.15, 0.2) is 17.3 Å². The predicted molar refractivity (Wildman–Crippen MR) is 156 cm³/mol. The minimum Gasteiger partial charge on any atom is -0.503 e. The Labute approximate surface area is 237 Å². The Balaban J connectivity index is 1.65. The third-order valence-corrected chi connectivity index (χ3v) is 8.11. The van der Waals surface area contributed by atoms with Crippen molar-refractivity contribution in [3.63, 3.8) is 0 Å². The predicted octanol–water partition coefficient (Wildman–Crippen LogP) is 6.87. The van der Waals surface area contributed by atoms with Gasteiger partial charge in [-0.15, -0.1) is 11.3 Å². The third kappa shape index (κ3) is 4.86. The molecule has 0 aliphatic carbocycles. The number of amides is 1. The van der Waals surface area contributed by atoms with Crippen LogP contribution in [0.4, 0.5) is 5.69 Å². The lowest BCUT2D eigenvalue weighted by Gasteiger charge is -2.27. The normalized spacial score (nSPS) is 15.1. The molecule has 40 heavy (non-hydrogen) atoms. The largest absolute Gasteiger partial charge is 0.503 e. The monoisotopic (exact) mass is 554 g/mol. The van der Waals surface area contributed by atoms with E-state index in [1.54, 1.807) is 32.2 Å². The fourth-order valence-corrected chi connectivity index (χ4v) is 5.90. The molecule has 1 atom stereocenters. The van der Waals surface area contributed by atoms with Gasteiger partial charge in [0, 0.05) is 11.3 Å². The Morgan fingerprint density at radius 2 is 1.75 bits per heavy atom. The number of hydrogen-bond acceptors (Lipinski definition) is 7. The Bertz CT molecular complexity index is 1590. The maximum atomic E-state index is 14.2. The van der Waals surface area contributed by atoms with Gasteiger partial charge in [-0.05, 0) is 55.7 Å². The molecule has 1 amide bonds. The van der Waals surface area contributed by atoms with Crippen LogP contribution in [-0.4, -0.2) is 35.5 Å². The second-order valence-electron chi connectivity index (χ2n) is 9.33. The van der Waals surface area contributed by atoms with E-state index in [1.807, 2.05) is 61.5 Å². The summed E-state index contributed by atoms with van der Waals surface area (Å²) in [6, 6.07) is 21.5. The zero-order valence-electron chi connectivity index (χ0n) is 22.8. The van der Waals surface area contributed by atoms with Gasteiger partial charge in [0.05, 0.1) is 35.9 Å². The minimum absolute atomic E-state index is 0.00328. The number of rotatable bonds is 9. The first-order valence-electron chi connectivity index (χ1n) is 13.1. The lowest BCUT2D eigenvalue weighted by molar-refractivity contribution is -0.117. The van der Waals surface area contributed by atoms with Crippen molar-refractivity contribution in [3.05, 3.63) is 106 Å². The first-order chi connectivity index (χ1) is 19.4. The Kier molecular flexibility index (Phi) is 7.71. The van der Waals surface area contributed by atoms with E-state index in [0.29, 0.717) is 44.9 Å². The molecule has 3 aromatic carbocycles. The number of aryl methyl sites for hydroxylation is 2. The van der Waals surface area contributed by atoms with E-state index in [2.05, 4.69) is 11.9 Å². The average molecular weight is 555 g/mol. The molecule has 5 rings (SSSR count). The van der Waals surface area contributed by atoms with E-state index < -0.39 is 23.5 Å². The van der Waals surface area contributed by atoms with E-state index in [-0.39, 0.29) is 5.57 Å². The molecule has 0 radical (unpaired) electrons. The van der Waals surface area contributed by atoms with Crippen LogP contribution in [0.3, 0.4) is 0 Å². The van der Waals surface area contributed by atoms with Crippen LogP contribution in [0.25, 0.3) is 10.6 Å². The summed E-state index contributed by atoms with van der Waals surface area (Å²) >= 11 is 1.25. The molecule has 204 valence electrons. The highest BCUT2D eigenvalue weighted by Crippen LogP contribution is 2.45. The molecule has 8 heteroatoms. The van der Waals surface area contributed by atoms with Crippen LogP contribution < -0.4 is 14.4 Å². The van der Waals surface area contributed by atoms with Crippen molar-refractivity contribution < 1.29 is 24.2 Å². The van der Waals surface area contributed by atoms with Crippen LogP contribution in [0.1, 0.15) is 46.4 Å². The second-order valence-corrected chi connectivity index (χ2v) is 10.3. The number of thiazole rings is 1. The summed E-state index contributed by atoms with van der Waals surface area (Å²) in [5.41, 5.74) is 3.72. The Morgan fingerprint density at radius 1 is 1.02 bits per heavy atom. The van der Waals surface area contributed by atoms with Crippen LogP contribution in [0.2, 0.25) is 0 Å². The molecule has 1 aliphatic heterocycles. The number of ether oxygens (including phenoxy) is 2. The first kappa shape index (κ1) is 27.1. The number of hydrogen-bond donors (Lipinski definition) is 1.